The molecule has 0 atom stereocenters. The van der Waals surface area contributed by atoms with E-state index in [2.05, 4.69) is 10.3 Å². The van der Waals surface area contributed by atoms with Crippen LogP contribution in [-0.4, -0.2) is 10.9 Å². The highest BCUT2D eigenvalue weighted by Crippen LogP contribution is 2.20. The number of hydrogen-bond donors (Lipinski definition) is 1. The van der Waals surface area contributed by atoms with E-state index in [-0.39, 0.29) is 12.3 Å². The van der Waals surface area contributed by atoms with Crippen molar-refractivity contribution in [2.45, 2.75) is 13.3 Å². The van der Waals surface area contributed by atoms with Gasteiger partial charge in [-0.2, -0.15) is 0 Å². The molecule has 128 valence electrons. The zero-order chi connectivity index (χ0) is 18.1. The van der Waals surface area contributed by atoms with Crippen molar-refractivity contribution in [3.63, 3.8) is 0 Å². The summed E-state index contributed by atoms with van der Waals surface area (Å²) >= 11 is 0. The molecule has 0 fully saturated rings. The highest BCUT2D eigenvalue weighted by molar-refractivity contribution is 5.96. The van der Waals surface area contributed by atoms with Gasteiger partial charge >= 0.3 is 5.63 Å². The molecule has 4 aromatic rings. The number of aromatic nitrogens is 1. The Hall–Kier alpha value is -3.47. The van der Waals surface area contributed by atoms with Crippen LogP contribution in [0.15, 0.2) is 70.0 Å². The van der Waals surface area contributed by atoms with E-state index >= 15 is 0 Å². The molecule has 2 aromatic carbocycles. The summed E-state index contributed by atoms with van der Waals surface area (Å²) in [5.41, 5.74) is 3.15. The first-order valence-electron chi connectivity index (χ1n) is 8.26. The van der Waals surface area contributed by atoms with Gasteiger partial charge in [0, 0.05) is 16.8 Å². The van der Waals surface area contributed by atoms with Gasteiger partial charge in [-0.05, 0) is 36.2 Å². The fourth-order valence-electron chi connectivity index (χ4n) is 3.00. The van der Waals surface area contributed by atoms with Crippen LogP contribution in [0.25, 0.3) is 21.9 Å². The summed E-state index contributed by atoms with van der Waals surface area (Å²) in [5, 5.41) is 4.56. The molecule has 0 aliphatic heterocycles. The van der Waals surface area contributed by atoms with E-state index < -0.39 is 5.63 Å². The van der Waals surface area contributed by atoms with Crippen LogP contribution in [0.1, 0.15) is 11.1 Å². The van der Waals surface area contributed by atoms with Gasteiger partial charge in [-0.15, -0.1) is 0 Å². The van der Waals surface area contributed by atoms with Crippen molar-refractivity contribution >= 4 is 33.5 Å². The number of anilines is 1. The van der Waals surface area contributed by atoms with Crippen LogP contribution >= 0.6 is 0 Å². The molecule has 2 aromatic heterocycles. The van der Waals surface area contributed by atoms with Crippen molar-refractivity contribution in [3.8, 4) is 0 Å². The summed E-state index contributed by atoms with van der Waals surface area (Å²) < 4.78 is 5.23. The molecule has 5 nitrogen and oxygen atoms in total. The lowest BCUT2D eigenvalue weighted by Gasteiger charge is -2.08. The predicted octanol–water partition coefficient (Wildman–Crippen LogP) is 3.83. The van der Waals surface area contributed by atoms with Crippen molar-refractivity contribution in [1.82, 2.24) is 4.98 Å². The lowest BCUT2D eigenvalue weighted by molar-refractivity contribution is -0.115. The predicted molar refractivity (Wildman–Crippen MR) is 101 cm³/mol. The van der Waals surface area contributed by atoms with Crippen LogP contribution < -0.4 is 10.9 Å². The minimum absolute atomic E-state index is 0.0813. The van der Waals surface area contributed by atoms with Crippen molar-refractivity contribution < 1.29 is 9.21 Å². The number of fused-ring (bicyclic) bond motifs is 2. The normalized spacial score (nSPS) is 11.0. The van der Waals surface area contributed by atoms with E-state index in [1.807, 2.05) is 49.4 Å². The first-order chi connectivity index (χ1) is 12.6. The Morgan fingerprint density at radius 2 is 1.96 bits per heavy atom. The van der Waals surface area contributed by atoms with Crippen molar-refractivity contribution in [1.29, 1.82) is 0 Å². The summed E-state index contributed by atoms with van der Waals surface area (Å²) in [5.74, 6) is -0.213. The van der Waals surface area contributed by atoms with E-state index in [1.54, 1.807) is 12.3 Å². The van der Waals surface area contributed by atoms with E-state index in [9.17, 15) is 9.59 Å². The van der Waals surface area contributed by atoms with Gasteiger partial charge < -0.3 is 9.73 Å². The lowest BCUT2D eigenvalue weighted by Crippen LogP contribution is -2.16. The molecule has 0 spiro atoms. The second-order valence-electron chi connectivity index (χ2n) is 6.23. The zero-order valence-corrected chi connectivity index (χ0v) is 14.2. The highest BCUT2D eigenvalue weighted by Gasteiger charge is 2.11. The molecule has 0 bridgehead atoms. The van der Waals surface area contributed by atoms with Crippen molar-refractivity contribution in [3.05, 3.63) is 82.3 Å². The first kappa shape index (κ1) is 16.0. The topological polar surface area (TPSA) is 72.2 Å². The van der Waals surface area contributed by atoms with Gasteiger partial charge in [0.15, 0.2) is 0 Å². The molecule has 0 unspecified atom stereocenters. The number of amides is 1. The van der Waals surface area contributed by atoms with E-state index in [1.165, 1.54) is 6.07 Å². The third-order valence-corrected chi connectivity index (χ3v) is 4.21. The summed E-state index contributed by atoms with van der Waals surface area (Å²) in [6, 6.07) is 16.5. The molecular weight excluding hydrogens is 328 g/mol. The average molecular weight is 344 g/mol. The van der Waals surface area contributed by atoms with E-state index in [0.717, 1.165) is 21.9 Å². The quantitative estimate of drug-likeness (QED) is 0.573. The SMILES string of the molecule is Cc1ccc2c(CC(=O)Nc3cnc4ccccc4c3)cc(=O)oc2c1. The zero-order valence-electron chi connectivity index (χ0n) is 14.2. The van der Waals surface area contributed by atoms with Crippen molar-refractivity contribution in [2.75, 3.05) is 5.32 Å². The lowest BCUT2D eigenvalue weighted by atomic mass is 10.1. The molecule has 4 rings (SSSR count). The van der Waals surface area contributed by atoms with Gasteiger partial charge in [-0.3, -0.25) is 9.78 Å². The number of hydrogen-bond acceptors (Lipinski definition) is 4. The molecule has 0 aliphatic carbocycles. The van der Waals surface area contributed by atoms with Crippen LogP contribution in [-0.2, 0) is 11.2 Å². The number of rotatable bonds is 3. The maximum absolute atomic E-state index is 12.5. The third-order valence-electron chi connectivity index (χ3n) is 4.21. The third kappa shape index (κ3) is 3.19. The van der Waals surface area contributed by atoms with Crippen molar-refractivity contribution in [2.24, 2.45) is 0 Å². The van der Waals surface area contributed by atoms with Gasteiger partial charge in [0.05, 0.1) is 23.8 Å². The van der Waals surface area contributed by atoms with Crippen LogP contribution in [0.4, 0.5) is 5.69 Å². The highest BCUT2D eigenvalue weighted by atomic mass is 16.4. The van der Waals surface area contributed by atoms with Gasteiger partial charge in [0.2, 0.25) is 5.91 Å². The number of nitrogens with one attached hydrogen (secondary N) is 1. The molecule has 26 heavy (non-hydrogen) atoms. The van der Waals surface area contributed by atoms with E-state index in [4.69, 9.17) is 4.42 Å². The van der Waals surface area contributed by atoms with Gasteiger partial charge in [-0.25, -0.2) is 4.79 Å². The Morgan fingerprint density at radius 1 is 1.12 bits per heavy atom. The fraction of sp³-hybridized carbons (Fsp3) is 0.0952. The Balaban J connectivity index is 1.61. The maximum atomic E-state index is 12.5. The van der Waals surface area contributed by atoms with Crippen LogP contribution in [0.3, 0.4) is 0 Å². The molecule has 2 heterocycles. The van der Waals surface area contributed by atoms with Crippen LogP contribution in [0, 0.1) is 6.92 Å². The second-order valence-corrected chi connectivity index (χ2v) is 6.23. The molecule has 0 saturated carbocycles. The Labute approximate surface area is 149 Å². The monoisotopic (exact) mass is 344 g/mol. The number of carbonyl (C=O) groups excluding carboxylic acids is 1. The fourth-order valence-corrected chi connectivity index (χ4v) is 3.00. The molecule has 0 saturated heterocycles. The minimum Gasteiger partial charge on any atom is -0.423 e. The molecule has 1 N–H and O–H groups in total. The average Bonchev–Trinajstić information content (AvgIpc) is 2.61. The molecule has 5 heteroatoms. The number of carbonyl (C=O) groups is 1. The standard InChI is InChI=1S/C21H16N2O3/c1-13-6-7-17-15(11-21(25)26-19(17)8-13)10-20(24)23-16-9-14-4-2-3-5-18(14)22-12-16/h2-9,11-12H,10H2,1H3,(H,23,24). The smallest absolute Gasteiger partial charge is 0.336 e. The number of benzene rings is 2. The summed E-state index contributed by atoms with van der Waals surface area (Å²) in [6.07, 6.45) is 1.71. The number of pyridine rings is 1. The number of para-hydroxylation sites is 1. The van der Waals surface area contributed by atoms with Crippen LogP contribution in [0.5, 0.6) is 0 Å². The molecule has 1 amide bonds. The molecular formula is C21H16N2O3. The summed E-state index contributed by atoms with van der Waals surface area (Å²) in [6.45, 7) is 1.92. The Morgan fingerprint density at radius 3 is 2.85 bits per heavy atom. The molecule has 0 radical (unpaired) electrons. The Kier molecular flexibility index (Phi) is 3.97. The van der Waals surface area contributed by atoms with Crippen LogP contribution in [0.2, 0.25) is 0 Å². The summed E-state index contributed by atoms with van der Waals surface area (Å²) in [4.78, 5) is 28.6. The molecule has 0 aliphatic rings. The van der Waals surface area contributed by atoms with Gasteiger partial charge in [0.25, 0.3) is 0 Å². The Bertz CT molecular complexity index is 1190. The second kappa shape index (κ2) is 6.44. The maximum Gasteiger partial charge on any atom is 0.336 e. The van der Waals surface area contributed by atoms with Gasteiger partial charge in [0.1, 0.15) is 5.58 Å². The largest absolute Gasteiger partial charge is 0.423 e. The van der Waals surface area contributed by atoms with E-state index in [0.29, 0.717) is 16.8 Å². The summed E-state index contributed by atoms with van der Waals surface area (Å²) in [7, 11) is 0. The number of aryl methyl sites for hydroxylation is 1. The number of nitrogens with zero attached hydrogens (tertiary/aromatic N) is 1. The first-order valence-corrected chi connectivity index (χ1v) is 8.26. The van der Waals surface area contributed by atoms with Gasteiger partial charge in [-0.1, -0.05) is 30.3 Å². The minimum atomic E-state index is -0.460.